The van der Waals surface area contributed by atoms with Gasteiger partial charge >= 0.3 is 0 Å². The summed E-state index contributed by atoms with van der Waals surface area (Å²) in [6.45, 7) is 5.75. The summed E-state index contributed by atoms with van der Waals surface area (Å²) in [6.07, 6.45) is 0. The highest BCUT2D eigenvalue weighted by atomic mass is 32.1. The first kappa shape index (κ1) is 9.41. The van der Waals surface area contributed by atoms with Crippen molar-refractivity contribution in [2.24, 2.45) is 0 Å². The van der Waals surface area contributed by atoms with E-state index in [1.165, 1.54) is 15.6 Å². The number of hydrogen-bond donors (Lipinski definition) is 0. The number of fused-ring (bicyclic) bond motifs is 1. The molecule has 0 fully saturated rings. The lowest BCUT2D eigenvalue weighted by Gasteiger charge is -1.96. The number of thiophene rings is 1. The van der Waals surface area contributed by atoms with E-state index in [2.05, 4.69) is 19.1 Å². The molecule has 0 amide bonds. The molecular formula is C12H12OS. The zero-order chi connectivity index (χ0) is 10.3. The normalized spacial score (nSPS) is 10.8. The van der Waals surface area contributed by atoms with Crippen LogP contribution < -0.4 is 0 Å². The van der Waals surface area contributed by atoms with Gasteiger partial charge in [-0.3, -0.25) is 4.79 Å². The second kappa shape index (κ2) is 3.21. The lowest BCUT2D eigenvalue weighted by molar-refractivity contribution is 0.102. The van der Waals surface area contributed by atoms with E-state index in [9.17, 15) is 4.79 Å². The molecule has 0 unspecified atom stereocenters. The minimum Gasteiger partial charge on any atom is -0.294 e. The van der Waals surface area contributed by atoms with Gasteiger partial charge in [-0.25, -0.2) is 0 Å². The number of carbonyl (C=O) groups excluding carboxylic acids is 1. The Morgan fingerprint density at radius 2 is 2.00 bits per heavy atom. The van der Waals surface area contributed by atoms with Gasteiger partial charge in [0.15, 0.2) is 5.78 Å². The zero-order valence-electron chi connectivity index (χ0n) is 8.55. The van der Waals surface area contributed by atoms with Crippen molar-refractivity contribution >= 4 is 27.2 Å². The molecule has 0 aliphatic heterocycles. The van der Waals surface area contributed by atoms with Crippen LogP contribution in [0.5, 0.6) is 0 Å². The fourth-order valence-corrected chi connectivity index (χ4v) is 3.02. The van der Waals surface area contributed by atoms with Crippen molar-refractivity contribution in [1.29, 1.82) is 0 Å². The van der Waals surface area contributed by atoms with Crippen LogP contribution in [0, 0.1) is 13.8 Å². The van der Waals surface area contributed by atoms with E-state index < -0.39 is 0 Å². The maximum Gasteiger partial charge on any atom is 0.170 e. The molecule has 14 heavy (non-hydrogen) atoms. The molecule has 1 aromatic heterocycles. The lowest BCUT2D eigenvalue weighted by Crippen LogP contribution is -1.89. The van der Waals surface area contributed by atoms with Crippen molar-refractivity contribution < 1.29 is 4.79 Å². The summed E-state index contributed by atoms with van der Waals surface area (Å²) in [7, 11) is 0. The molecular weight excluding hydrogens is 192 g/mol. The van der Waals surface area contributed by atoms with Gasteiger partial charge in [-0.1, -0.05) is 12.1 Å². The number of Topliss-reactive ketones (excluding diaryl/α,β-unsaturated/α-hetero) is 1. The van der Waals surface area contributed by atoms with Crippen molar-refractivity contribution in [3.05, 3.63) is 34.2 Å². The van der Waals surface area contributed by atoms with Crippen LogP contribution in [0.25, 0.3) is 10.1 Å². The second-order valence-corrected chi connectivity index (χ2v) is 4.61. The predicted octanol–water partition coefficient (Wildman–Crippen LogP) is 3.72. The molecule has 0 N–H and O–H groups in total. The van der Waals surface area contributed by atoms with Gasteiger partial charge in [0.1, 0.15) is 0 Å². The summed E-state index contributed by atoms with van der Waals surface area (Å²) >= 11 is 1.60. The zero-order valence-corrected chi connectivity index (χ0v) is 9.37. The third-order valence-corrected chi connectivity index (χ3v) is 3.84. The van der Waals surface area contributed by atoms with Crippen molar-refractivity contribution in [1.82, 2.24) is 0 Å². The van der Waals surface area contributed by atoms with E-state index in [4.69, 9.17) is 0 Å². The molecule has 0 spiro atoms. The SMILES string of the molecule is CC(=O)c1sc2cccc(C)c2c1C. The Morgan fingerprint density at radius 1 is 1.29 bits per heavy atom. The quantitative estimate of drug-likeness (QED) is 0.647. The molecule has 2 rings (SSSR count). The summed E-state index contributed by atoms with van der Waals surface area (Å²) < 4.78 is 1.22. The number of hydrogen-bond acceptors (Lipinski definition) is 2. The minimum atomic E-state index is 0.170. The average Bonchev–Trinajstić information content (AvgIpc) is 2.45. The first-order chi connectivity index (χ1) is 6.61. The van der Waals surface area contributed by atoms with Crippen molar-refractivity contribution in [2.45, 2.75) is 20.8 Å². The fraction of sp³-hybridized carbons (Fsp3) is 0.250. The van der Waals surface area contributed by atoms with Crippen LogP contribution in [-0.4, -0.2) is 5.78 Å². The summed E-state index contributed by atoms with van der Waals surface area (Å²) in [6, 6.07) is 6.20. The average molecular weight is 204 g/mol. The Morgan fingerprint density at radius 3 is 2.57 bits per heavy atom. The highest BCUT2D eigenvalue weighted by Gasteiger charge is 2.12. The number of carbonyl (C=O) groups is 1. The predicted molar refractivity (Wildman–Crippen MR) is 61.3 cm³/mol. The first-order valence-corrected chi connectivity index (χ1v) is 5.42. The Bertz CT molecular complexity index is 508. The van der Waals surface area contributed by atoms with Crippen LogP contribution >= 0.6 is 11.3 Å². The van der Waals surface area contributed by atoms with Crippen LogP contribution in [0.15, 0.2) is 18.2 Å². The molecule has 0 radical (unpaired) electrons. The molecule has 2 heteroatoms. The van der Waals surface area contributed by atoms with E-state index in [-0.39, 0.29) is 5.78 Å². The van der Waals surface area contributed by atoms with E-state index >= 15 is 0 Å². The van der Waals surface area contributed by atoms with Gasteiger partial charge < -0.3 is 0 Å². The molecule has 72 valence electrons. The second-order valence-electron chi connectivity index (χ2n) is 3.56. The highest BCUT2D eigenvalue weighted by Crippen LogP contribution is 2.32. The largest absolute Gasteiger partial charge is 0.294 e. The molecule has 0 saturated heterocycles. The third-order valence-electron chi connectivity index (χ3n) is 2.48. The molecule has 1 nitrogen and oxygen atoms in total. The van der Waals surface area contributed by atoms with Crippen LogP contribution in [0.4, 0.5) is 0 Å². The minimum absolute atomic E-state index is 0.170. The lowest BCUT2D eigenvalue weighted by atomic mass is 10.1. The number of rotatable bonds is 1. The Labute approximate surface area is 87.4 Å². The van der Waals surface area contributed by atoms with Gasteiger partial charge in [-0.15, -0.1) is 11.3 Å². The topological polar surface area (TPSA) is 17.1 Å². The fourth-order valence-electron chi connectivity index (χ4n) is 1.84. The maximum atomic E-state index is 11.4. The molecule has 0 bridgehead atoms. The molecule has 0 aliphatic rings. The smallest absolute Gasteiger partial charge is 0.170 e. The van der Waals surface area contributed by atoms with Gasteiger partial charge in [0.05, 0.1) is 4.88 Å². The molecule has 0 atom stereocenters. The van der Waals surface area contributed by atoms with Crippen LogP contribution in [0.2, 0.25) is 0 Å². The van der Waals surface area contributed by atoms with Gasteiger partial charge in [-0.05, 0) is 43.4 Å². The molecule has 0 saturated carbocycles. The number of benzene rings is 1. The van der Waals surface area contributed by atoms with E-state index in [0.29, 0.717) is 0 Å². The van der Waals surface area contributed by atoms with E-state index in [0.717, 1.165) is 10.4 Å². The Kier molecular flexibility index (Phi) is 2.16. The summed E-state index contributed by atoms with van der Waals surface area (Å²) in [5.41, 5.74) is 2.39. The van der Waals surface area contributed by atoms with Crippen molar-refractivity contribution in [3.8, 4) is 0 Å². The maximum absolute atomic E-state index is 11.4. The molecule has 1 aromatic carbocycles. The molecule has 1 heterocycles. The molecule has 2 aromatic rings. The molecule has 0 aliphatic carbocycles. The summed E-state index contributed by atoms with van der Waals surface area (Å²) in [4.78, 5) is 12.3. The Hall–Kier alpha value is -1.15. The van der Waals surface area contributed by atoms with Crippen LogP contribution in [0.3, 0.4) is 0 Å². The van der Waals surface area contributed by atoms with E-state index in [1.54, 1.807) is 18.3 Å². The van der Waals surface area contributed by atoms with Gasteiger partial charge in [0.25, 0.3) is 0 Å². The Balaban J connectivity index is 2.87. The summed E-state index contributed by atoms with van der Waals surface area (Å²) in [5, 5.41) is 1.25. The highest BCUT2D eigenvalue weighted by molar-refractivity contribution is 7.21. The number of ketones is 1. The standard InChI is InChI=1S/C12H12OS/c1-7-5-4-6-10-11(7)8(2)12(14-10)9(3)13/h4-6H,1-3H3. The monoisotopic (exact) mass is 204 g/mol. The van der Waals surface area contributed by atoms with Crippen LogP contribution in [-0.2, 0) is 0 Å². The van der Waals surface area contributed by atoms with Crippen molar-refractivity contribution in [3.63, 3.8) is 0 Å². The van der Waals surface area contributed by atoms with Gasteiger partial charge in [0, 0.05) is 4.70 Å². The summed E-state index contributed by atoms with van der Waals surface area (Å²) in [5.74, 6) is 0.170. The third kappa shape index (κ3) is 1.26. The van der Waals surface area contributed by atoms with Gasteiger partial charge in [0.2, 0.25) is 0 Å². The van der Waals surface area contributed by atoms with E-state index in [1.807, 2.05) is 13.0 Å². The van der Waals surface area contributed by atoms with Crippen LogP contribution in [0.1, 0.15) is 27.7 Å². The van der Waals surface area contributed by atoms with Crippen molar-refractivity contribution in [2.75, 3.05) is 0 Å². The van der Waals surface area contributed by atoms with Gasteiger partial charge in [-0.2, -0.15) is 0 Å². The number of aryl methyl sites for hydroxylation is 2. The first-order valence-electron chi connectivity index (χ1n) is 4.61.